The average molecular weight is 266 g/mol. The SMILES string of the molecule is CC(Cl)CCN(C)C(=O)c1ccc(Cl)s1. The Hall–Kier alpha value is -0.250. The molecule has 0 spiro atoms. The number of thiophene rings is 1. The molecule has 0 bridgehead atoms. The van der Waals surface area contributed by atoms with Crippen LogP contribution in [-0.2, 0) is 0 Å². The second-order valence-electron chi connectivity index (χ2n) is 3.40. The number of halogens is 2. The standard InChI is InChI=1S/C10H13Cl2NOS/c1-7(11)5-6-13(2)10(14)8-3-4-9(12)15-8/h3-4,7H,5-6H2,1-2H3. The number of carbonyl (C=O) groups is 1. The van der Waals surface area contributed by atoms with E-state index in [1.54, 1.807) is 24.1 Å². The van der Waals surface area contributed by atoms with E-state index in [-0.39, 0.29) is 11.3 Å². The summed E-state index contributed by atoms with van der Waals surface area (Å²) < 4.78 is 0.637. The van der Waals surface area contributed by atoms with E-state index in [1.807, 2.05) is 6.92 Å². The molecule has 84 valence electrons. The van der Waals surface area contributed by atoms with Crippen molar-refractivity contribution < 1.29 is 4.79 Å². The molecule has 0 saturated carbocycles. The number of nitrogens with zero attached hydrogens (tertiary/aromatic N) is 1. The molecule has 2 nitrogen and oxygen atoms in total. The molecule has 1 aromatic heterocycles. The summed E-state index contributed by atoms with van der Waals surface area (Å²) >= 11 is 12.9. The molecular formula is C10H13Cl2NOS. The van der Waals surface area contributed by atoms with Crippen LogP contribution < -0.4 is 0 Å². The summed E-state index contributed by atoms with van der Waals surface area (Å²) in [5.41, 5.74) is 0. The predicted molar refractivity (Wildman–Crippen MR) is 66.2 cm³/mol. The van der Waals surface area contributed by atoms with Gasteiger partial charge in [0.15, 0.2) is 0 Å². The van der Waals surface area contributed by atoms with E-state index < -0.39 is 0 Å². The van der Waals surface area contributed by atoms with Crippen LogP contribution in [0.15, 0.2) is 12.1 Å². The van der Waals surface area contributed by atoms with Crippen LogP contribution in [0.4, 0.5) is 0 Å². The molecule has 0 aliphatic heterocycles. The van der Waals surface area contributed by atoms with Gasteiger partial charge in [0.25, 0.3) is 5.91 Å². The van der Waals surface area contributed by atoms with E-state index >= 15 is 0 Å². The van der Waals surface area contributed by atoms with E-state index in [2.05, 4.69) is 0 Å². The highest BCUT2D eigenvalue weighted by Gasteiger charge is 2.13. The Kier molecular flexibility index (Phi) is 4.90. The molecule has 0 aliphatic rings. The molecule has 1 unspecified atom stereocenters. The molecule has 15 heavy (non-hydrogen) atoms. The number of hydrogen-bond donors (Lipinski definition) is 0. The third kappa shape index (κ3) is 4.01. The lowest BCUT2D eigenvalue weighted by Crippen LogP contribution is -2.28. The Labute approximate surface area is 104 Å². The molecule has 5 heteroatoms. The fourth-order valence-corrected chi connectivity index (χ4v) is 2.23. The minimum Gasteiger partial charge on any atom is -0.341 e. The third-order valence-electron chi connectivity index (χ3n) is 1.99. The maximum atomic E-state index is 11.8. The van der Waals surface area contributed by atoms with Crippen molar-refractivity contribution in [2.45, 2.75) is 18.7 Å². The second kappa shape index (κ2) is 5.73. The van der Waals surface area contributed by atoms with Crippen molar-refractivity contribution in [3.8, 4) is 0 Å². The molecule has 1 aromatic rings. The van der Waals surface area contributed by atoms with Crippen LogP contribution in [0.1, 0.15) is 23.0 Å². The van der Waals surface area contributed by atoms with Crippen LogP contribution in [0.5, 0.6) is 0 Å². The topological polar surface area (TPSA) is 20.3 Å². The molecule has 0 N–H and O–H groups in total. The molecule has 1 atom stereocenters. The van der Waals surface area contributed by atoms with Gasteiger partial charge in [0.05, 0.1) is 9.21 Å². The zero-order valence-corrected chi connectivity index (χ0v) is 11.0. The molecular weight excluding hydrogens is 253 g/mol. The van der Waals surface area contributed by atoms with Crippen LogP contribution in [0, 0.1) is 0 Å². The Morgan fingerprint density at radius 2 is 2.27 bits per heavy atom. The number of amides is 1. The van der Waals surface area contributed by atoms with Crippen LogP contribution in [0.2, 0.25) is 4.34 Å². The highest BCUT2D eigenvalue weighted by atomic mass is 35.5. The van der Waals surface area contributed by atoms with Crippen molar-refractivity contribution in [1.29, 1.82) is 0 Å². The van der Waals surface area contributed by atoms with Crippen LogP contribution in [-0.4, -0.2) is 29.8 Å². The average Bonchev–Trinajstić information content (AvgIpc) is 2.60. The quantitative estimate of drug-likeness (QED) is 0.764. The largest absolute Gasteiger partial charge is 0.341 e. The summed E-state index contributed by atoms with van der Waals surface area (Å²) in [4.78, 5) is 14.1. The third-order valence-corrected chi connectivity index (χ3v) is 3.43. The predicted octanol–water partition coefficient (Wildman–Crippen LogP) is 3.49. The van der Waals surface area contributed by atoms with Gasteiger partial charge < -0.3 is 4.90 Å². The minimum absolute atomic E-state index is 0.00390. The molecule has 1 amide bonds. The van der Waals surface area contributed by atoms with Gasteiger partial charge in [-0.15, -0.1) is 22.9 Å². The van der Waals surface area contributed by atoms with Crippen LogP contribution in [0.25, 0.3) is 0 Å². The molecule has 0 radical (unpaired) electrons. The van der Waals surface area contributed by atoms with Gasteiger partial charge in [0.2, 0.25) is 0 Å². The monoisotopic (exact) mass is 265 g/mol. The highest BCUT2D eigenvalue weighted by molar-refractivity contribution is 7.17. The zero-order valence-electron chi connectivity index (χ0n) is 8.67. The van der Waals surface area contributed by atoms with E-state index in [1.165, 1.54) is 11.3 Å². The first-order valence-corrected chi connectivity index (χ1v) is 6.28. The smallest absolute Gasteiger partial charge is 0.263 e. The van der Waals surface area contributed by atoms with Crippen molar-refractivity contribution >= 4 is 40.4 Å². The molecule has 0 fully saturated rings. The van der Waals surface area contributed by atoms with E-state index in [0.717, 1.165) is 6.42 Å². The van der Waals surface area contributed by atoms with Crippen LogP contribution in [0.3, 0.4) is 0 Å². The van der Waals surface area contributed by atoms with Crippen molar-refractivity contribution in [3.63, 3.8) is 0 Å². The Balaban J connectivity index is 2.53. The Bertz CT molecular complexity index is 338. The first kappa shape index (κ1) is 12.8. The lowest BCUT2D eigenvalue weighted by atomic mass is 10.3. The summed E-state index contributed by atoms with van der Waals surface area (Å²) in [7, 11) is 1.77. The fraction of sp³-hybridized carbons (Fsp3) is 0.500. The number of carbonyl (C=O) groups excluding carboxylic acids is 1. The van der Waals surface area contributed by atoms with Gasteiger partial charge in [-0.1, -0.05) is 11.6 Å². The van der Waals surface area contributed by atoms with Gasteiger partial charge in [-0.25, -0.2) is 0 Å². The van der Waals surface area contributed by atoms with Gasteiger partial charge in [-0.2, -0.15) is 0 Å². The summed E-state index contributed by atoms with van der Waals surface area (Å²) in [5.74, 6) is 0.00390. The molecule has 0 saturated heterocycles. The first-order valence-electron chi connectivity index (χ1n) is 4.65. The maximum Gasteiger partial charge on any atom is 0.263 e. The summed E-state index contributed by atoms with van der Waals surface area (Å²) in [6.07, 6.45) is 0.795. The van der Waals surface area contributed by atoms with Crippen molar-refractivity contribution in [2.75, 3.05) is 13.6 Å². The Morgan fingerprint density at radius 1 is 1.60 bits per heavy atom. The maximum absolute atomic E-state index is 11.8. The molecule has 1 rings (SSSR count). The van der Waals surface area contributed by atoms with E-state index in [4.69, 9.17) is 23.2 Å². The van der Waals surface area contributed by atoms with Crippen molar-refractivity contribution in [1.82, 2.24) is 4.90 Å². The number of hydrogen-bond acceptors (Lipinski definition) is 2. The van der Waals surface area contributed by atoms with Gasteiger partial charge in [0.1, 0.15) is 0 Å². The van der Waals surface area contributed by atoms with Crippen molar-refractivity contribution in [3.05, 3.63) is 21.3 Å². The van der Waals surface area contributed by atoms with Gasteiger partial charge in [-0.3, -0.25) is 4.79 Å². The van der Waals surface area contributed by atoms with Crippen LogP contribution >= 0.6 is 34.5 Å². The van der Waals surface area contributed by atoms with Gasteiger partial charge in [0, 0.05) is 19.0 Å². The minimum atomic E-state index is 0.00390. The fourth-order valence-electron chi connectivity index (χ4n) is 1.09. The summed E-state index contributed by atoms with van der Waals surface area (Å²) in [6, 6.07) is 3.48. The normalized spacial score (nSPS) is 12.5. The zero-order chi connectivity index (χ0) is 11.4. The molecule has 0 aromatic carbocycles. The number of alkyl halides is 1. The van der Waals surface area contributed by atoms with Crippen molar-refractivity contribution in [2.24, 2.45) is 0 Å². The lowest BCUT2D eigenvalue weighted by molar-refractivity contribution is 0.0798. The second-order valence-corrected chi connectivity index (χ2v) is 5.86. The summed E-state index contributed by atoms with van der Waals surface area (Å²) in [6.45, 7) is 2.58. The van der Waals surface area contributed by atoms with E-state index in [9.17, 15) is 4.79 Å². The highest BCUT2D eigenvalue weighted by Crippen LogP contribution is 2.22. The number of rotatable bonds is 4. The van der Waals surface area contributed by atoms with E-state index in [0.29, 0.717) is 15.8 Å². The molecule has 0 aliphatic carbocycles. The Morgan fingerprint density at radius 3 is 2.73 bits per heavy atom. The lowest BCUT2D eigenvalue weighted by Gasteiger charge is -2.16. The van der Waals surface area contributed by atoms with Gasteiger partial charge >= 0.3 is 0 Å². The van der Waals surface area contributed by atoms with Gasteiger partial charge in [-0.05, 0) is 25.5 Å². The molecule has 1 heterocycles. The summed E-state index contributed by atoms with van der Waals surface area (Å²) in [5, 5.41) is 0.0900. The first-order chi connectivity index (χ1) is 7.00.